The minimum atomic E-state index is -0.553. The summed E-state index contributed by atoms with van der Waals surface area (Å²) in [5.41, 5.74) is 0.773. The van der Waals surface area contributed by atoms with E-state index in [1.165, 1.54) is 7.11 Å². The monoisotopic (exact) mass is 262 g/mol. The third-order valence-corrected chi connectivity index (χ3v) is 2.11. The Hall–Kier alpha value is -2.22. The number of hydrogen-bond acceptors (Lipinski definition) is 3. The summed E-state index contributed by atoms with van der Waals surface area (Å²) in [6.07, 6.45) is -0.533. The van der Waals surface area contributed by atoms with Crippen molar-refractivity contribution in [1.29, 1.82) is 0 Å². The van der Waals surface area contributed by atoms with Crippen molar-refractivity contribution in [1.82, 2.24) is 0 Å². The van der Waals surface area contributed by atoms with Crippen LogP contribution >= 0.6 is 0 Å². The van der Waals surface area contributed by atoms with Crippen molar-refractivity contribution in [3.05, 3.63) is 35.2 Å². The Morgan fingerprint density at radius 1 is 1.37 bits per heavy atom. The molecule has 1 rings (SSSR count). The second-order valence-corrected chi connectivity index (χ2v) is 5.01. The lowest BCUT2D eigenvalue weighted by atomic mass is 10.2. The average Bonchev–Trinajstić information content (AvgIpc) is 2.26. The van der Waals surface area contributed by atoms with Gasteiger partial charge in [0.1, 0.15) is 11.4 Å². The molecule has 5 nitrogen and oxygen atoms in total. The lowest BCUT2D eigenvalue weighted by Crippen LogP contribution is -2.27. The van der Waals surface area contributed by atoms with Gasteiger partial charge in [0.05, 0.1) is 7.11 Å². The number of methoxy groups -OCH3 is 1. The fraction of sp³-hybridized carbons (Fsp3) is 0.429. The van der Waals surface area contributed by atoms with Crippen molar-refractivity contribution in [3.63, 3.8) is 0 Å². The van der Waals surface area contributed by atoms with Crippen LogP contribution in [0.3, 0.4) is 0 Å². The molecule has 0 radical (unpaired) electrons. The van der Waals surface area contributed by atoms with Crippen LogP contribution < -0.4 is 10.1 Å². The van der Waals surface area contributed by atoms with E-state index in [-0.39, 0.29) is 6.54 Å². The van der Waals surface area contributed by atoms with Gasteiger partial charge in [-0.25, -0.2) is 11.4 Å². The van der Waals surface area contributed by atoms with Crippen LogP contribution in [0.1, 0.15) is 26.3 Å². The summed E-state index contributed by atoms with van der Waals surface area (Å²) in [5.74, 6) is 0.590. The molecule has 102 valence electrons. The SMILES string of the molecule is [C-]#[N+]Cc1cc(NC(=O)OC(C)(C)C)cc(OC)c1. The van der Waals surface area contributed by atoms with Crippen LogP contribution in [-0.4, -0.2) is 18.8 Å². The maximum absolute atomic E-state index is 11.7. The molecule has 1 aromatic carbocycles. The first-order valence-electron chi connectivity index (χ1n) is 5.85. The van der Waals surface area contributed by atoms with Crippen LogP contribution in [0, 0.1) is 6.57 Å². The summed E-state index contributed by atoms with van der Waals surface area (Å²) < 4.78 is 10.3. The third kappa shape index (κ3) is 5.30. The van der Waals surface area contributed by atoms with Crippen LogP contribution in [-0.2, 0) is 11.3 Å². The molecule has 0 spiro atoms. The molecular formula is C14H18N2O3. The number of ether oxygens (including phenoxy) is 2. The molecule has 0 unspecified atom stereocenters. The molecule has 0 aliphatic rings. The molecule has 0 bridgehead atoms. The van der Waals surface area contributed by atoms with Gasteiger partial charge in [-0.2, -0.15) is 0 Å². The van der Waals surface area contributed by atoms with Gasteiger partial charge in [0.25, 0.3) is 0 Å². The summed E-state index contributed by atoms with van der Waals surface area (Å²) in [4.78, 5) is 15.0. The average molecular weight is 262 g/mol. The highest BCUT2D eigenvalue weighted by Crippen LogP contribution is 2.22. The summed E-state index contributed by atoms with van der Waals surface area (Å²) in [6.45, 7) is 12.5. The van der Waals surface area contributed by atoms with E-state index >= 15 is 0 Å². The number of carbonyl (C=O) groups excluding carboxylic acids is 1. The molecular weight excluding hydrogens is 244 g/mol. The molecule has 0 saturated carbocycles. The standard InChI is InChI=1S/C14H18N2O3/c1-14(2,3)19-13(17)16-11-6-10(9-15-4)7-12(8-11)18-5/h6-8H,9H2,1-3,5H3,(H,16,17). The Labute approximate surface area is 113 Å². The topological polar surface area (TPSA) is 51.9 Å². The van der Waals surface area contributed by atoms with Gasteiger partial charge in [0.15, 0.2) is 0 Å². The van der Waals surface area contributed by atoms with Crippen molar-refractivity contribution in [2.24, 2.45) is 0 Å². The van der Waals surface area contributed by atoms with Gasteiger partial charge < -0.3 is 14.3 Å². The number of rotatable bonds is 3. The van der Waals surface area contributed by atoms with Crippen LogP contribution in [0.2, 0.25) is 0 Å². The second-order valence-electron chi connectivity index (χ2n) is 5.01. The number of nitrogens with zero attached hydrogens (tertiary/aromatic N) is 1. The van der Waals surface area contributed by atoms with Crippen molar-refractivity contribution < 1.29 is 14.3 Å². The van der Waals surface area contributed by atoms with E-state index < -0.39 is 11.7 Å². The number of nitrogens with one attached hydrogen (secondary N) is 1. The van der Waals surface area contributed by atoms with Gasteiger partial charge in [-0.15, -0.1) is 0 Å². The summed E-state index contributed by atoms with van der Waals surface area (Å²) >= 11 is 0. The number of benzene rings is 1. The molecule has 0 fully saturated rings. The summed E-state index contributed by atoms with van der Waals surface area (Å²) in [6, 6.07) is 5.17. The van der Waals surface area contributed by atoms with Gasteiger partial charge >= 0.3 is 6.09 Å². The lowest BCUT2D eigenvalue weighted by molar-refractivity contribution is 0.0636. The maximum atomic E-state index is 11.7. The molecule has 0 saturated heterocycles. The van der Waals surface area contributed by atoms with Gasteiger partial charge in [-0.05, 0) is 32.9 Å². The van der Waals surface area contributed by atoms with E-state index in [1.54, 1.807) is 39.0 Å². The third-order valence-electron chi connectivity index (χ3n) is 2.11. The van der Waals surface area contributed by atoms with E-state index in [9.17, 15) is 4.79 Å². The number of anilines is 1. The zero-order valence-electron chi connectivity index (χ0n) is 11.6. The predicted octanol–water partition coefficient (Wildman–Crippen LogP) is 3.46. The number of hydrogen-bond donors (Lipinski definition) is 1. The zero-order valence-corrected chi connectivity index (χ0v) is 11.6. The van der Waals surface area contributed by atoms with Crippen LogP contribution in [0.5, 0.6) is 5.75 Å². The first kappa shape index (κ1) is 14.8. The molecule has 19 heavy (non-hydrogen) atoms. The Bertz CT molecular complexity index is 498. The smallest absolute Gasteiger partial charge is 0.412 e. The highest BCUT2D eigenvalue weighted by molar-refractivity contribution is 5.85. The van der Waals surface area contributed by atoms with E-state index in [0.717, 1.165) is 5.56 Å². The number of amides is 1. The van der Waals surface area contributed by atoms with Gasteiger partial charge in [-0.3, -0.25) is 5.32 Å². The minimum absolute atomic E-state index is 0.236. The van der Waals surface area contributed by atoms with E-state index in [1.807, 2.05) is 0 Å². The minimum Gasteiger partial charge on any atom is -0.497 e. The lowest BCUT2D eigenvalue weighted by Gasteiger charge is -2.19. The van der Waals surface area contributed by atoms with Crippen molar-refractivity contribution in [2.45, 2.75) is 32.9 Å². The highest BCUT2D eigenvalue weighted by Gasteiger charge is 2.16. The molecule has 5 heteroatoms. The Morgan fingerprint density at radius 2 is 2.05 bits per heavy atom. The van der Waals surface area contributed by atoms with Crippen molar-refractivity contribution in [2.75, 3.05) is 12.4 Å². The normalized spacial score (nSPS) is 10.5. The summed E-state index contributed by atoms with van der Waals surface area (Å²) in [5, 5.41) is 2.63. The van der Waals surface area contributed by atoms with Gasteiger partial charge in [0, 0.05) is 17.3 Å². The fourth-order valence-corrected chi connectivity index (χ4v) is 1.45. The second kappa shape index (κ2) is 6.10. The largest absolute Gasteiger partial charge is 0.497 e. The Balaban J connectivity index is 2.85. The maximum Gasteiger partial charge on any atom is 0.412 e. The highest BCUT2D eigenvalue weighted by atomic mass is 16.6. The molecule has 1 N–H and O–H groups in total. The summed E-state index contributed by atoms with van der Waals surface area (Å²) in [7, 11) is 1.54. The van der Waals surface area contributed by atoms with Crippen molar-refractivity contribution >= 4 is 11.8 Å². The molecule has 1 amide bonds. The van der Waals surface area contributed by atoms with Gasteiger partial charge in [0.2, 0.25) is 6.54 Å². The van der Waals surface area contributed by atoms with Crippen LogP contribution in [0.25, 0.3) is 4.85 Å². The van der Waals surface area contributed by atoms with E-state index in [4.69, 9.17) is 16.0 Å². The molecule has 0 aromatic heterocycles. The molecule has 0 heterocycles. The quantitative estimate of drug-likeness (QED) is 0.849. The zero-order chi connectivity index (χ0) is 14.5. The molecule has 0 aliphatic heterocycles. The first-order valence-corrected chi connectivity index (χ1v) is 5.85. The van der Waals surface area contributed by atoms with E-state index in [0.29, 0.717) is 11.4 Å². The number of carbonyl (C=O) groups is 1. The fourth-order valence-electron chi connectivity index (χ4n) is 1.45. The van der Waals surface area contributed by atoms with Crippen LogP contribution in [0.15, 0.2) is 18.2 Å². The van der Waals surface area contributed by atoms with Crippen molar-refractivity contribution in [3.8, 4) is 5.75 Å². The predicted molar refractivity (Wildman–Crippen MR) is 73.2 cm³/mol. The Morgan fingerprint density at radius 3 is 2.58 bits per heavy atom. The Kier molecular flexibility index (Phi) is 4.76. The first-order chi connectivity index (χ1) is 8.84. The molecule has 0 aliphatic carbocycles. The van der Waals surface area contributed by atoms with E-state index in [2.05, 4.69) is 10.2 Å². The van der Waals surface area contributed by atoms with Crippen LogP contribution in [0.4, 0.5) is 10.5 Å². The van der Waals surface area contributed by atoms with Gasteiger partial charge in [-0.1, -0.05) is 0 Å². The molecule has 1 aromatic rings. The molecule has 0 atom stereocenters.